The Kier molecular flexibility index (Phi) is 3.60. The molecule has 19 heavy (non-hydrogen) atoms. The predicted molar refractivity (Wildman–Crippen MR) is 72.9 cm³/mol. The van der Waals surface area contributed by atoms with Gasteiger partial charge >= 0.3 is 0 Å². The molecule has 0 spiro atoms. The molecule has 5 heteroatoms. The van der Waals surface area contributed by atoms with Gasteiger partial charge in [-0.15, -0.1) is 0 Å². The van der Waals surface area contributed by atoms with Gasteiger partial charge in [0, 0.05) is 37.4 Å². The number of aromatic nitrogens is 2. The third kappa shape index (κ3) is 2.54. The molecule has 3 rings (SSSR count). The molecule has 0 N–H and O–H groups in total. The number of fused-ring (bicyclic) bond motifs is 1. The fraction of sp³-hybridized carbons (Fsp3) is 0.643. The second kappa shape index (κ2) is 5.54. The van der Waals surface area contributed by atoms with Crippen molar-refractivity contribution in [3.05, 3.63) is 17.6 Å². The average Bonchev–Trinajstić information content (AvgIpc) is 2.48. The molecule has 0 radical (unpaired) electrons. The Hall–Kier alpha value is -1.67. The van der Waals surface area contributed by atoms with E-state index < -0.39 is 0 Å². The number of anilines is 1. The van der Waals surface area contributed by atoms with Crippen LogP contribution < -0.4 is 4.90 Å². The highest BCUT2D eigenvalue weighted by molar-refractivity contribution is 5.50. The molecule has 1 fully saturated rings. The number of hydrogen-bond donors (Lipinski definition) is 0. The van der Waals surface area contributed by atoms with Gasteiger partial charge in [0.25, 0.3) is 0 Å². The summed E-state index contributed by atoms with van der Waals surface area (Å²) < 4.78 is 0. The zero-order valence-corrected chi connectivity index (χ0v) is 11.2. The minimum atomic E-state index is 0.537. The maximum atomic E-state index is 8.73. The lowest BCUT2D eigenvalue weighted by Gasteiger charge is -2.35. The Morgan fingerprint density at radius 1 is 1.11 bits per heavy atom. The minimum Gasteiger partial charge on any atom is -0.354 e. The molecule has 0 bridgehead atoms. The summed E-state index contributed by atoms with van der Waals surface area (Å²) in [6.07, 6.45) is 6.42. The van der Waals surface area contributed by atoms with Crippen LogP contribution in [0, 0.1) is 11.3 Å². The van der Waals surface area contributed by atoms with Gasteiger partial charge in [0.15, 0.2) is 0 Å². The van der Waals surface area contributed by atoms with Gasteiger partial charge in [0.05, 0.1) is 12.6 Å². The van der Waals surface area contributed by atoms with Gasteiger partial charge in [-0.1, -0.05) is 0 Å². The minimum absolute atomic E-state index is 0.537. The number of nitrogens with zero attached hydrogens (tertiary/aromatic N) is 5. The quantitative estimate of drug-likeness (QED) is 0.740. The topological polar surface area (TPSA) is 56.1 Å². The molecular formula is C14H19N5. The van der Waals surface area contributed by atoms with Crippen LogP contribution in [0.5, 0.6) is 0 Å². The lowest BCUT2D eigenvalue weighted by atomic mass is 9.96. The Morgan fingerprint density at radius 2 is 1.89 bits per heavy atom. The SMILES string of the molecule is N#CCN1CCN(c2ncnc3c2CCCC3)CC1. The van der Waals surface area contributed by atoms with Crippen molar-refractivity contribution >= 4 is 5.82 Å². The first-order valence-electron chi connectivity index (χ1n) is 7.05. The molecule has 100 valence electrons. The molecule has 2 aliphatic rings. The highest BCUT2D eigenvalue weighted by Crippen LogP contribution is 2.27. The first kappa shape index (κ1) is 12.4. The molecule has 0 aromatic carbocycles. The van der Waals surface area contributed by atoms with Crippen molar-refractivity contribution in [1.29, 1.82) is 5.26 Å². The summed E-state index contributed by atoms with van der Waals surface area (Å²) in [5, 5.41) is 8.73. The average molecular weight is 257 g/mol. The van der Waals surface area contributed by atoms with Crippen molar-refractivity contribution in [2.75, 3.05) is 37.6 Å². The Balaban J connectivity index is 1.75. The van der Waals surface area contributed by atoms with E-state index in [9.17, 15) is 0 Å². The molecule has 1 saturated heterocycles. The van der Waals surface area contributed by atoms with E-state index in [0.29, 0.717) is 6.54 Å². The van der Waals surface area contributed by atoms with Gasteiger partial charge in [0.2, 0.25) is 0 Å². The lowest BCUT2D eigenvalue weighted by Crippen LogP contribution is -2.47. The third-order valence-electron chi connectivity index (χ3n) is 4.07. The van der Waals surface area contributed by atoms with E-state index in [1.54, 1.807) is 6.33 Å². The van der Waals surface area contributed by atoms with E-state index in [-0.39, 0.29) is 0 Å². The van der Waals surface area contributed by atoms with Gasteiger partial charge < -0.3 is 4.90 Å². The second-order valence-electron chi connectivity index (χ2n) is 5.25. The monoisotopic (exact) mass is 257 g/mol. The summed E-state index contributed by atoms with van der Waals surface area (Å²) >= 11 is 0. The number of hydrogen-bond acceptors (Lipinski definition) is 5. The highest BCUT2D eigenvalue weighted by atomic mass is 15.3. The molecule has 0 atom stereocenters. The summed E-state index contributed by atoms with van der Waals surface area (Å²) in [4.78, 5) is 13.5. The van der Waals surface area contributed by atoms with Crippen LogP contribution >= 0.6 is 0 Å². The Morgan fingerprint density at radius 3 is 2.68 bits per heavy atom. The van der Waals surface area contributed by atoms with Crippen LogP contribution in [0.2, 0.25) is 0 Å². The maximum absolute atomic E-state index is 8.73. The Labute approximate surface area is 113 Å². The van der Waals surface area contributed by atoms with Gasteiger partial charge in [-0.3, -0.25) is 4.90 Å². The van der Waals surface area contributed by atoms with Crippen LogP contribution in [0.1, 0.15) is 24.1 Å². The van der Waals surface area contributed by atoms with Crippen LogP contribution in [-0.2, 0) is 12.8 Å². The zero-order valence-electron chi connectivity index (χ0n) is 11.2. The van der Waals surface area contributed by atoms with Crippen molar-refractivity contribution in [3.63, 3.8) is 0 Å². The molecule has 1 aromatic heterocycles. The summed E-state index contributed by atoms with van der Waals surface area (Å²) in [6, 6.07) is 2.22. The van der Waals surface area contributed by atoms with Crippen molar-refractivity contribution in [2.24, 2.45) is 0 Å². The normalized spacial score (nSPS) is 19.8. The van der Waals surface area contributed by atoms with Crippen molar-refractivity contribution in [1.82, 2.24) is 14.9 Å². The summed E-state index contributed by atoms with van der Waals surface area (Å²) in [6.45, 7) is 4.37. The van der Waals surface area contributed by atoms with E-state index in [4.69, 9.17) is 5.26 Å². The van der Waals surface area contributed by atoms with Crippen LogP contribution in [0.25, 0.3) is 0 Å². The van der Waals surface area contributed by atoms with Crippen LogP contribution in [0.15, 0.2) is 6.33 Å². The molecule has 0 unspecified atom stereocenters. The number of rotatable bonds is 2. The van der Waals surface area contributed by atoms with Gasteiger partial charge in [0.1, 0.15) is 12.1 Å². The van der Waals surface area contributed by atoms with Crippen LogP contribution in [0.4, 0.5) is 5.82 Å². The number of piperazine rings is 1. The van der Waals surface area contributed by atoms with E-state index in [1.165, 1.54) is 24.1 Å². The maximum Gasteiger partial charge on any atom is 0.135 e. The third-order valence-corrected chi connectivity index (χ3v) is 4.07. The highest BCUT2D eigenvalue weighted by Gasteiger charge is 2.23. The summed E-state index contributed by atoms with van der Waals surface area (Å²) in [5.41, 5.74) is 2.61. The van der Waals surface area contributed by atoms with Gasteiger partial charge in [-0.25, -0.2) is 9.97 Å². The summed E-state index contributed by atoms with van der Waals surface area (Å²) in [5.74, 6) is 1.14. The molecule has 1 aliphatic carbocycles. The van der Waals surface area contributed by atoms with E-state index in [0.717, 1.165) is 44.8 Å². The molecule has 1 aromatic rings. The van der Waals surface area contributed by atoms with E-state index in [1.807, 2.05) is 0 Å². The van der Waals surface area contributed by atoms with Crippen LogP contribution in [0.3, 0.4) is 0 Å². The smallest absolute Gasteiger partial charge is 0.135 e. The van der Waals surface area contributed by atoms with Crippen molar-refractivity contribution < 1.29 is 0 Å². The first-order chi connectivity index (χ1) is 9.38. The fourth-order valence-corrected chi connectivity index (χ4v) is 2.99. The molecule has 2 heterocycles. The molecular weight excluding hydrogens is 238 g/mol. The zero-order chi connectivity index (χ0) is 13.1. The van der Waals surface area contributed by atoms with Gasteiger partial charge in [-0.05, 0) is 25.7 Å². The van der Waals surface area contributed by atoms with E-state index in [2.05, 4.69) is 25.8 Å². The summed E-state index contributed by atoms with van der Waals surface area (Å²) in [7, 11) is 0. The Bertz CT molecular complexity index is 485. The molecule has 5 nitrogen and oxygen atoms in total. The standard InChI is InChI=1S/C14H19N5/c15-5-6-18-7-9-19(10-8-18)14-12-3-1-2-4-13(12)16-11-17-14/h11H,1-4,6-10H2. The predicted octanol–water partition coefficient (Wildman–Crippen LogP) is 1.00. The number of aryl methyl sites for hydroxylation is 1. The molecule has 1 aliphatic heterocycles. The molecule has 0 saturated carbocycles. The van der Waals surface area contributed by atoms with Gasteiger partial charge in [-0.2, -0.15) is 5.26 Å². The van der Waals surface area contributed by atoms with E-state index >= 15 is 0 Å². The second-order valence-corrected chi connectivity index (χ2v) is 5.25. The van der Waals surface area contributed by atoms with Crippen molar-refractivity contribution in [2.45, 2.75) is 25.7 Å². The largest absolute Gasteiger partial charge is 0.354 e. The lowest BCUT2D eigenvalue weighted by molar-refractivity contribution is 0.286. The fourth-order valence-electron chi connectivity index (χ4n) is 2.99. The number of nitriles is 1. The first-order valence-corrected chi connectivity index (χ1v) is 7.05. The van der Waals surface area contributed by atoms with Crippen LogP contribution in [-0.4, -0.2) is 47.6 Å². The van der Waals surface area contributed by atoms with Crippen molar-refractivity contribution in [3.8, 4) is 6.07 Å². The molecule has 0 amide bonds.